The van der Waals surface area contributed by atoms with Crippen molar-refractivity contribution in [3.05, 3.63) is 112 Å². The highest BCUT2D eigenvalue weighted by Crippen LogP contribution is 2.48. The molecule has 0 amide bonds. The Balaban J connectivity index is 1.13. The number of fused-ring (bicyclic) bond motifs is 2. The summed E-state index contributed by atoms with van der Waals surface area (Å²) in [5, 5.41) is 11.6. The Bertz CT molecular complexity index is 2900. The number of carboxylic acids is 1. The second-order valence-corrected chi connectivity index (χ2v) is 19.8. The smallest absolute Gasteiger partial charge is 0.345 e. The van der Waals surface area contributed by atoms with Crippen molar-refractivity contribution in [1.82, 2.24) is 29.7 Å². The lowest BCUT2D eigenvalue weighted by atomic mass is 9.87. The number of thiophene rings is 1. The Morgan fingerprint density at radius 1 is 1.04 bits per heavy atom. The average molecular weight is 1060 g/mol. The van der Waals surface area contributed by atoms with E-state index in [1.807, 2.05) is 19.9 Å². The first-order valence-electron chi connectivity index (χ1n) is 24.7. The van der Waals surface area contributed by atoms with Crippen LogP contribution in [0.3, 0.4) is 0 Å². The van der Waals surface area contributed by atoms with Gasteiger partial charge in [-0.05, 0) is 97.8 Å². The number of hydrogen-bond donors (Lipinski definition) is 1. The van der Waals surface area contributed by atoms with Gasteiger partial charge in [0.15, 0.2) is 11.6 Å². The van der Waals surface area contributed by atoms with Crippen LogP contribution in [0.25, 0.3) is 31.8 Å². The van der Waals surface area contributed by atoms with Crippen LogP contribution in [-0.2, 0) is 36.8 Å². The molecule has 3 aromatic heterocycles. The topological polar surface area (TPSA) is 160 Å². The van der Waals surface area contributed by atoms with Gasteiger partial charge in [0.25, 0.3) is 0 Å². The molecule has 0 radical (unpaired) electrons. The molecule has 1 aliphatic carbocycles. The van der Waals surface area contributed by atoms with Crippen molar-refractivity contribution in [1.29, 1.82) is 0 Å². The first-order valence-corrected chi connectivity index (χ1v) is 25.8. The molecule has 19 heteroatoms. The first-order chi connectivity index (χ1) is 35.8. The molecular weight excluding hydrogens is 994 g/mol. The van der Waals surface area contributed by atoms with Gasteiger partial charge < -0.3 is 43.2 Å². The second kappa shape index (κ2) is 25.5. The molecule has 8 rings (SSSR count). The zero-order valence-electron chi connectivity index (χ0n) is 42.0. The largest absolute Gasteiger partial charge is 0.490 e. The lowest BCUT2D eigenvalue weighted by Gasteiger charge is -2.34. The zero-order valence-corrected chi connectivity index (χ0v) is 43.6. The molecule has 3 atom stereocenters. The molecule has 2 aliphatic heterocycles. The van der Waals surface area contributed by atoms with Crippen molar-refractivity contribution in [2.45, 2.75) is 70.4 Å². The highest BCUT2D eigenvalue weighted by molar-refractivity contribution is 7.22. The molecule has 1 fully saturated rings. The number of benzene rings is 2. The highest BCUT2D eigenvalue weighted by atomic mass is 35.5. The molecule has 5 aromatic rings. The molecule has 0 unspecified atom stereocenters. The maximum absolute atomic E-state index is 15.7. The third-order valence-corrected chi connectivity index (χ3v) is 14.8. The Morgan fingerprint density at radius 3 is 2.55 bits per heavy atom. The molecule has 1 N–H and O–H groups in total. The van der Waals surface area contributed by atoms with E-state index in [9.17, 15) is 14.3 Å². The van der Waals surface area contributed by atoms with Crippen molar-refractivity contribution in [3.8, 4) is 40.2 Å². The quantitative estimate of drug-likeness (QED) is 0.0693. The number of piperazine rings is 1. The number of aliphatic carboxylic acids is 1. The van der Waals surface area contributed by atoms with Crippen molar-refractivity contribution >= 4 is 50.3 Å². The number of nitrogens with zero attached hydrogens (tertiary/aromatic N) is 6. The van der Waals surface area contributed by atoms with Crippen LogP contribution in [0.4, 0.5) is 8.78 Å². The van der Waals surface area contributed by atoms with E-state index in [0.29, 0.717) is 99.6 Å². The Kier molecular flexibility index (Phi) is 18.7. The predicted molar refractivity (Wildman–Crippen MR) is 279 cm³/mol. The third-order valence-electron chi connectivity index (χ3n) is 13.2. The molecule has 1 saturated heterocycles. The lowest BCUT2D eigenvalue weighted by molar-refractivity contribution is -0.145. The van der Waals surface area contributed by atoms with E-state index in [-0.39, 0.29) is 62.4 Å². The minimum absolute atomic E-state index is 0.00667. The summed E-state index contributed by atoms with van der Waals surface area (Å²) in [5.74, 6) is 2.43. The molecule has 0 spiro atoms. The summed E-state index contributed by atoms with van der Waals surface area (Å²) in [6, 6.07) is 13.0. The fourth-order valence-electron chi connectivity index (χ4n) is 9.03. The number of carbonyl (C=O) groups is 1. The summed E-state index contributed by atoms with van der Waals surface area (Å²) in [4.78, 5) is 37.6. The molecule has 0 saturated carbocycles. The van der Waals surface area contributed by atoms with Gasteiger partial charge in [0.1, 0.15) is 53.5 Å². The van der Waals surface area contributed by atoms with E-state index in [4.69, 9.17) is 56.2 Å². The summed E-state index contributed by atoms with van der Waals surface area (Å²) >= 11 is 8.63. The summed E-state index contributed by atoms with van der Waals surface area (Å²) < 4.78 is 72.2. The van der Waals surface area contributed by atoms with Crippen LogP contribution in [-0.4, -0.2) is 145 Å². The third kappa shape index (κ3) is 13.6. The standard InChI is InChI=1S/C55H61ClF2N6O9S/c1-6-43-35(3)49(56)44(7-2)72-42(30-64-22-20-63(4)21-23-64)32-70-41-12-13-45(71-31-40-16-19-59-51(62-40)37-14-17-55(58,18-15-37)33-69-27-26-68-25-24-67-5)38(28-41)29-46(54(65)66)73-52-48-47(43)50(74-53(48)61-34-60-52)36-8-10-39(57)11-9-36/h2,8-14,16,19,28,34,42,46H,6,15,17-18,20-27,29-33H2,1,3-5H3,(H,65,66)/b43-35+,49-44-/t42-,46-,55-/m1/s1. The predicted octanol–water partition coefficient (Wildman–Crippen LogP) is 9.19. The molecule has 74 heavy (non-hydrogen) atoms. The van der Waals surface area contributed by atoms with E-state index < -0.39 is 29.7 Å². The number of hydrogen-bond acceptors (Lipinski definition) is 15. The highest BCUT2D eigenvalue weighted by Gasteiger charge is 2.34. The number of terminal acetylenes is 1. The number of ether oxygens (including phenoxy) is 7. The molecule has 2 bridgehead atoms. The van der Waals surface area contributed by atoms with E-state index in [1.54, 1.807) is 49.7 Å². The molecular formula is C55H61ClF2N6O9S. The van der Waals surface area contributed by atoms with Crippen molar-refractivity contribution < 1.29 is 51.8 Å². The normalized spacial score (nSPS) is 22.2. The van der Waals surface area contributed by atoms with Gasteiger partial charge in [-0.3, -0.25) is 4.90 Å². The first kappa shape index (κ1) is 54.2. The van der Waals surface area contributed by atoms with Gasteiger partial charge in [-0.1, -0.05) is 36.7 Å². The molecule has 2 aromatic carbocycles. The van der Waals surface area contributed by atoms with Gasteiger partial charge in [0.05, 0.1) is 49.1 Å². The average Bonchev–Trinajstić information content (AvgIpc) is 3.79. The Labute approximate surface area is 439 Å². The minimum Gasteiger partial charge on any atom is -0.490 e. The van der Waals surface area contributed by atoms with Crippen molar-refractivity contribution in [2.24, 2.45) is 0 Å². The molecule has 392 valence electrons. The monoisotopic (exact) mass is 1050 g/mol. The number of rotatable bonds is 17. The van der Waals surface area contributed by atoms with Gasteiger partial charge in [-0.2, -0.15) is 0 Å². The summed E-state index contributed by atoms with van der Waals surface area (Å²) in [5.41, 5.74) is 2.99. The van der Waals surface area contributed by atoms with Crippen LogP contribution in [0.5, 0.6) is 17.4 Å². The Morgan fingerprint density at radius 2 is 1.82 bits per heavy atom. The van der Waals surface area contributed by atoms with Gasteiger partial charge >= 0.3 is 5.97 Å². The SMILES string of the molecule is C#C/C1=C(Cl)\C(C)=C(/CC)c2c(-c3ccc(F)cc3)sc3ncnc(c23)O[C@@H](C(=O)O)Cc2cc(ccc2OCc2ccnc(C3=CC[C@](F)(COCCOCCOC)CC3)n2)OC[C@@H](CN2CCN(C)CC2)O1. The fraction of sp³-hybridized carbons (Fsp3) is 0.436. The lowest BCUT2D eigenvalue weighted by Crippen LogP contribution is -2.48. The number of aromatic nitrogens is 4. The van der Waals surface area contributed by atoms with Crippen LogP contribution in [0.1, 0.15) is 62.2 Å². The van der Waals surface area contributed by atoms with Crippen LogP contribution >= 0.6 is 22.9 Å². The van der Waals surface area contributed by atoms with Gasteiger partial charge in [-0.15, -0.1) is 17.8 Å². The van der Waals surface area contributed by atoms with E-state index in [2.05, 4.69) is 37.7 Å². The number of methoxy groups -OCH3 is 1. The summed E-state index contributed by atoms with van der Waals surface area (Å²) in [6.45, 7) is 9.23. The number of halogens is 3. The maximum atomic E-state index is 15.7. The number of likely N-dealkylation sites (N-methyl/N-ethyl adjacent to an activating group) is 1. The van der Waals surface area contributed by atoms with Crippen molar-refractivity contribution in [2.75, 3.05) is 86.5 Å². The van der Waals surface area contributed by atoms with Crippen LogP contribution in [0.2, 0.25) is 0 Å². The number of carboxylic acid groups (broad SMARTS) is 1. The summed E-state index contributed by atoms with van der Waals surface area (Å²) in [6.07, 6.45) is 9.98. The van der Waals surface area contributed by atoms with E-state index in [1.165, 1.54) is 29.8 Å². The van der Waals surface area contributed by atoms with Gasteiger partial charge in [0.2, 0.25) is 12.0 Å². The van der Waals surface area contributed by atoms with E-state index >= 15 is 4.39 Å². The van der Waals surface area contributed by atoms with Gasteiger partial charge in [0, 0.05) is 74.9 Å². The molecule has 3 aliphatic rings. The number of allylic oxidation sites excluding steroid dienone is 6. The summed E-state index contributed by atoms with van der Waals surface area (Å²) in [7, 11) is 3.69. The minimum atomic E-state index is -1.52. The van der Waals surface area contributed by atoms with Crippen LogP contribution in [0.15, 0.2) is 83.5 Å². The Hall–Kier alpha value is -6.04. The maximum Gasteiger partial charge on any atom is 0.345 e. The molecule has 15 nitrogen and oxygen atoms in total. The number of alkyl halides is 1. The fourth-order valence-corrected chi connectivity index (χ4v) is 10.4. The van der Waals surface area contributed by atoms with E-state index in [0.717, 1.165) is 37.3 Å². The van der Waals surface area contributed by atoms with Crippen LogP contribution in [0, 0.1) is 18.2 Å². The molecule has 5 heterocycles. The van der Waals surface area contributed by atoms with Crippen molar-refractivity contribution in [3.63, 3.8) is 0 Å². The van der Waals surface area contributed by atoms with Gasteiger partial charge in [-0.25, -0.2) is 33.5 Å². The second-order valence-electron chi connectivity index (χ2n) is 18.4. The zero-order chi connectivity index (χ0) is 52.2. The van der Waals surface area contributed by atoms with Crippen LogP contribution < -0.4 is 14.2 Å².